The molecular formula is C14H15NO2. The fourth-order valence-electron chi connectivity index (χ4n) is 1.78. The normalized spacial score (nSPS) is 14.3. The Balaban J connectivity index is 2.23. The highest BCUT2D eigenvalue weighted by atomic mass is 16.3. The zero-order valence-electron chi connectivity index (χ0n) is 9.62. The summed E-state index contributed by atoms with van der Waals surface area (Å²) in [5.41, 5.74) is 2.44. The number of aliphatic hydroxyl groups excluding tert-OH is 2. The van der Waals surface area contributed by atoms with Crippen LogP contribution in [0.15, 0.2) is 48.8 Å². The number of aromatic nitrogens is 1. The summed E-state index contributed by atoms with van der Waals surface area (Å²) in [6.45, 7) is 1.95. The summed E-state index contributed by atoms with van der Waals surface area (Å²) in [7, 11) is 0. The number of aliphatic hydroxyl groups is 2. The van der Waals surface area contributed by atoms with E-state index in [0.29, 0.717) is 11.1 Å². The molecule has 2 atom stereocenters. The van der Waals surface area contributed by atoms with E-state index in [9.17, 15) is 10.2 Å². The molecule has 2 rings (SSSR count). The van der Waals surface area contributed by atoms with E-state index in [2.05, 4.69) is 4.98 Å². The van der Waals surface area contributed by atoms with Gasteiger partial charge in [0.1, 0.15) is 12.2 Å². The van der Waals surface area contributed by atoms with Crippen LogP contribution in [0.1, 0.15) is 28.9 Å². The van der Waals surface area contributed by atoms with Crippen LogP contribution in [0.3, 0.4) is 0 Å². The molecule has 3 nitrogen and oxygen atoms in total. The summed E-state index contributed by atoms with van der Waals surface area (Å²) >= 11 is 0. The number of aryl methyl sites for hydroxylation is 1. The second-order valence-corrected chi connectivity index (χ2v) is 4.08. The lowest BCUT2D eigenvalue weighted by Gasteiger charge is -2.18. The van der Waals surface area contributed by atoms with Crippen molar-refractivity contribution in [3.8, 4) is 0 Å². The predicted molar refractivity (Wildman–Crippen MR) is 65.3 cm³/mol. The Hall–Kier alpha value is -1.71. The van der Waals surface area contributed by atoms with E-state index in [1.807, 2.05) is 31.2 Å². The highest BCUT2D eigenvalue weighted by Crippen LogP contribution is 2.28. The molecule has 1 aromatic heterocycles. The number of nitrogens with zero attached hydrogens (tertiary/aromatic N) is 1. The minimum atomic E-state index is -0.931. The predicted octanol–water partition coefficient (Wildman–Crippen LogP) is 2.16. The minimum absolute atomic E-state index is 0.661. The first kappa shape index (κ1) is 11.8. The zero-order valence-corrected chi connectivity index (χ0v) is 9.62. The molecule has 0 fully saturated rings. The minimum Gasteiger partial charge on any atom is -0.385 e. The number of rotatable bonds is 3. The van der Waals surface area contributed by atoms with E-state index < -0.39 is 12.2 Å². The smallest absolute Gasteiger partial charge is 0.109 e. The van der Waals surface area contributed by atoms with Gasteiger partial charge in [-0.05, 0) is 30.2 Å². The fraction of sp³-hybridized carbons (Fsp3) is 0.214. The van der Waals surface area contributed by atoms with Gasteiger partial charge in [0.2, 0.25) is 0 Å². The molecule has 0 spiro atoms. The molecule has 1 heterocycles. The second-order valence-electron chi connectivity index (χ2n) is 4.08. The van der Waals surface area contributed by atoms with Crippen molar-refractivity contribution in [2.24, 2.45) is 0 Å². The zero-order chi connectivity index (χ0) is 12.3. The summed E-state index contributed by atoms with van der Waals surface area (Å²) in [5.74, 6) is 0. The fourth-order valence-corrected chi connectivity index (χ4v) is 1.78. The molecule has 0 aliphatic heterocycles. The molecule has 2 aromatic rings. The molecule has 17 heavy (non-hydrogen) atoms. The lowest BCUT2D eigenvalue weighted by Crippen LogP contribution is -2.10. The number of benzene rings is 1. The lowest BCUT2D eigenvalue weighted by atomic mass is 9.98. The SMILES string of the molecule is Cc1cccc(C(O)C(O)c2ccncc2)c1. The lowest BCUT2D eigenvalue weighted by molar-refractivity contribution is 0.0172. The molecule has 0 saturated heterocycles. The van der Waals surface area contributed by atoms with Crippen molar-refractivity contribution in [2.75, 3.05) is 0 Å². The highest BCUT2D eigenvalue weighted by Gasteiger charge is 2.19. The van der Waals surface area contributed by atoms with Gasteiger partial charge in [0, 0.05) is 12.4 Å². The molecular weight excluding hydrogens is 214 g/mol. The van der Waals surface area contributed by atoms with Crippen molar-refractivity contribution in [3.63, 3.8) is 0 Å². The molecule has 2 N–H and O–H groups in total. The third-order valence-electron chi connectivity index (χ3n) is 2.73. The molecule has 3 heteroatoms. The maximum Gasteiger partial charge on any atom is 0.109 e. The van der Waals surface area contributed by atoms with Gasteiger partial charge in [-0.3, -0.25) is 4.98 Å². The van der Waals surface area contributed by atoms with E-state index in [1.165, 1.54) is 0 Å². The molecule has 0 amide bonds. The number of hydrogen-bond acceptors (Lipinski definition) is 3. The molecule has 1 aromatic carbocycles. The third-order valence-corrected chi connectivity index (χ3v) is 2.73. The van der Waals surface area contributed by atoms with Crippen molar-refractivity contribution >= 4 is 0 Å². The van der Waals surface area contributed by atoms with E-state index in [0.717, 1.165) is 5.56 Å². The van der Waals surface area contributed by atoms with Crippen LogP contribution >= 0.6 is 0 Å². The van der Waals surface area contributed by atoms with Crippen LogP contribution in [0.25, 0.3) is 0 Å². The molecule has 0 aliphatic carbocycles. The van der Waals surface area contributed by atoms with E-state index in [4.69, 9.17) is 0 Å². The van der Waals surface area contributed by atoms with Crippen molar-refractivity contribution in [2.45, 2.75) is 19.1 Å². The average molecular weight is 229 g/mol. The first-order chi connectivity index (χ1) is 8.18. The maximum atomic E-state index is 10.1. The quantitative estimate of drug-likeness (QED) is 0.848. The number of hydrogen-bond donors (Lipinski definition) is 2. The van der Waals surface area contributed by atoms with Gasteiger partial charge in [0.25, 0.3) is 0 Å². The second kappa shape index (κ2) is 5.08. The topological polar surface area (TPSA) is 53.4 Å². The third kappa shape index (κ3) is 2.70. The molecule has 0 bridgehead atoms. The van der Waals surface area contributed by atoms with Gasteiger partial charge in [-0.1, -0.05) is 29.8 Å². The Morgan fingerprint density at radius 2 is 1.59 bits per heavy atom. The van der Waals surface area contributed by atoms with E-state index >= 15 is 0 Å². The summed E-state index contributed by atoms with van der Waals surface area (Å²) in [6.07, 6.45) is 1.35. The summed E-state index contributed by atoms with van der Waals surface area (Å²) in [6, 6.07) is 10.9. The van der Waals surface area contributed by atoms with Gasteiger partial charge in [0.05, 0.1) is 0 Å². The van der Waals surface area contributed by atoms with Crippen LogP contribution in [0, 0.1) is 6.92 Å². The van der Waals surface area contributed by atoms with Crippen LogP contribution in [0.5, 0.6) is 0 Å². The van der Waals surface area contributed by atoms with Crippen LogP contribution < -0.4 is 0 Å². The average Bonchev–Trinajstić information content (AvgIpc) is 2.38. The van der Waals surface area contributed by atoms with Gasteiger partial charge in [-0.2, -0.15) is 0 Å². The van der Waals surface area contributed by atoms with Gasteiger partial charge < -0.3 is 10.2 Å². The van der Waals surface area contributed by atoms with Gasteiger partial charge >= 0.3 is 0 Å². The Morgan fingerprint density at radius 1 is 0.941 bits per heavy atom. The van der Waals surface area contributed by atoms with E-state index in [1.54, 1.807) is 24.5 Å². The molecule has 0 aliphatic rings. The van der Waals surface area contributed by atoms with Crippen LogP contribution in [-0.4, -0.2) is 15.2 Å². The first-order valence-corrected chi connectivity index (χ1v) is 5.51. The largest absolute Gasteiger partial charge is 0.385 e. The molecule has 2 unspecified atom stereocenters. The monoisotopic (exact) mass is 229 g/mol. The molecule has 0 radical (unpaired) electrons. The summed E-state index contributed by atoms with van der Waals surface area (Å²) in [5, 5.41) is 20.2. The van der Waals surface area contributed by atoms with Crippen LogP contribution in [0.2, 0.25) is 0 Å². The standard InChI is InChI=1S/C14H15NO2/c1-10-3-2-4-12(9-10)14(17)13(16)11-5-7-15-8-6-11/h2-9,13-14,16-17H,1H3. The van der Waals surface area contributed by atoms with Crippen LogP contribution in [0.4, 0.5) is 0 Å². The maximum absolute atomic E-state index is 10.1. The first-order valence-electron chi connectivity index (χ1n) is 5.51. The Kier molecular flexibility index (Phi) is 3.52. The highest BCUT2D eigenvalue weighted by molar-refractivity contribution is 5.27. The Morgan fingerprint density at radius 3 is 2.24 bits per heavy atom. The Labute approximate surface area is 100 Å². The Bertz CT molecular complexity index is 485. The van der Waals surface area contributed by atoms with Crippen molar-refractivity contribution < 1.29 is 10.2 Å². The summed E-state index contributed by atoms with van der Waals surface area (Å²) in [4.78, 5) is 3.88. The van der Waals surface area contributed by atoms with E-state index in [-0.39, 0.29) is 0 Å². The van der Waals surface area contributed by atoms with Crippen molar-refractivity contribution in [1.82, 2.24) is 4.98 Å². The van der Waals surface area contributed by atoms with Gasteiger partial charge in [0.15, 0.2) is 0 Å². The summed E-state index contributed by atoms with van der Waals surface area (Å²) < 4.78 is 0. The van der Waals surface area contributed by atoms with Gasteiger partial charge in [-0.25, -0.2) is 0 Å². The van der Waals surface area contributed by atoms with Crippen LogP contribution in [-0.2, 0) is 0 Å². The molecule has 88 valence electrons. The van der Waals surface area contributed by atoms with Crippen molar-refractivity contribution in [1.29, 1.82) is 0 Å². The van der Waals surface area contributed by atoms with Crippen molar-refractivity contribution in [3.05, 3.63) is 65.5 Å². The number of pyridine rings is 1. The van der Waals surface area contributed by atoms with Gasteiger partial charge in [-0.15, -0.1) is 0 Å². The molecule has 0 saturated carbocycles.